The molecule has 0 aliphatic rings. The van der Waals surface area contributed by atoms with Crippen molar-refractivity contribution in [1.29, 1.82) is 0 Å². The minimum atomic E-state index is -0.688. The summed E-state index contributed by atoms with van der Waals surface area (Å²) in [6, 6.07) is 12.9. The minimum Gasteiger partial charge on any atom is -0.496 e. The summed E-state index contributed by atoms with van der Waals surface area (Å²) < 4.78 is 5.21. The second-order valence-electron chi connectivity index (χ2n) is 5.27. The number of para-hydroxylation sites is 1. The SMILES string of the molecule is COc1ccccc1CNC(=O)C(=O)Nc1ccc(C)cc1C. The zero-order valence-corrected chi connectivity index (χ0v) is 13.5. The van der Waals surface area contributed by atoms with Crippen LogP contribution in [0.5, 0.6) is 5.75 Å². The molecule has 2 aromatic rings. The summed E-state index contributed by atoms with van der Waals surface area (Å²) >= 11 is 0. The lowest BCUT2D eigenvalue weighted by atomic mass is 10.1. The van der Waals surface area contributed by atoms with Gasteiger partial charge in [0.2, 0.25) is 0 Å². The quantitative estimate of drug-likeness (QED) is 0.853. The fraction of sp³-hybridized carbons (Fsp3) is 0.222. The molecule has 0 saturated carbocycles. The van der Waals surface area contributed by atoms with Crippen LogP contribution in [0.25, 0.3) is 0 Å². The Bertz CT molecular complexity index is 726. The molecule has 23 heavy (non-hydrogen) atoms. The number of aryl methyl sites for hydroxylation is 2. The first kappa shape index (κ1) is 16.5. The number of nitrogens with one attached hydrogen (secondary N) is 2. The lowest BCUT2D eigenvalue weighted by Crippen LogP contribution is -2.35. The molecule has 2 N–H and O–H groups in total. The lowest BCUT2D eigenvalue weighted by Gasteiger charge is -2.11. The van der Waals surface area contributed by atoms with Crippen LogP contribution in [0.4, 0.5) is 5.69 Å². The van der Waals surface area contributed by atoms with Crippen LogP contribution < -0.4 is 15.4 Å². The molecule has 2 aromatic carbocycles. The molecule has 0 heterocycles. The molecule has 0 bridgehead atoms. The summed E-state index contributed by atoms with van der Waals surface area (Å²) in [7, 11) is 1.56. The summed E-state index contributed by atoms with van der Waals surface area (Å²) in [5.74, 6) is -0.703. The highest BCUT2D eigenvalue weighted by molar-refractivity contribution is 6.39. The minimum absolute atomic E-state index is 0.225. The normalized spacial score (nSPS) is 10.0. The van der Waals surface area contributed by atoms with Gasteiger partial charge in [-0.25, -0.2) is 0 Å². The van der Waals surface area contributed by atoms with Gasteiger partial charge in [-0.05, 0) is 31.5 Å². The number of carbonyl (C=O) groups is 2. The van der Waals surface area contributed by atoms with E-state index in [1.807, 2.05) is 44.2 Å². The summed E-state index contributed by atoms with van der Waals surface area (Å²) in [5.41, 5.74) is 3.45. The number of ether oxygens (including phenoxy) is 1. The van der Waals surface area contributed by atoms with Crippen LogP contribution in [0.1, 0.15) is 16.7 Å². The van der Waals surface area contributed by atoms with Crippen molar-refractivity contribution in [2.24, 2.45) is 0 Å². The molecule has 0 atom stereocenters. The molecule has 0 fully saturated rings. The third kappa shape index (κ3) is 4.32. The first-order valence-electron chi connectivity index (χ1n) is 7.29. The number of anilines is 1. The number of carbonyl (C=O) groups excluding carboxylic acids is 2. The monoisotopic (exact) mass is 312 g/mol. The Morgan fingerprint density at radius 3 is 2.48 bits per heavy atom. The van der Waals surface area contributed by atoms with Crippen molar-refractivity contribution in [1.82, 2.24) is 5.32 Å². The van der Waals surface area contributed by atoms with E-state index in [0.717, 1.165) is 16.7 Å². The van der Waals surface area contributed by atoms with Gasteiger partial charge in [-0.2, -0.15) is 0 Å². The molecule has 120 valence electrons. The molecular weight excluding hydrogens is 292 g/mol. The molecule has 2 rings (SSSR count). The number of amides is 2. The van der Waals surface area contributed by atoms with Crippen molar-refractivity contribution in [2.45, 2.75) is 20.4 Å². The molecule has 0 saturated heterocycles. The van der Waals surface area contributed by atoms with Crippen molar-refractivity contribution in [3.63, 3.8) is 0 Å². The van der Waals surface area contributed by atoms with Crippen LogP contribution in [0, 0.1) is 13.8 Å². The predicted molar refractivity (Wildman–Crippen MR) is 89.4 cm³/mol. The topological polar surface area (TPSA) is 67.4 Å². The van der Waals surface area contributed by atoms with Gasteiger partial charge in [0.15, 0.2) is 0 Å². The molecule has 0 unspecified atom stereocenters. The van der Waals surface area contributed by atoms with Crippen LogP contribution in [-0.4, -0.2) is 18.9 Å². The lowest BCUT2D eigenvalue weighted by molar-refractivity contribution is -0.136. The van der Waals surface area contributed by atoms with Crippen LogP contribution in [0.2, 0.25) is 0 Å². The van der Waals surface area contributed by atoms with E-state index < -0.39 is 11.8 Å². The van der Waals surface area contributed by atoms with Crippen LogP contribution in [0.3, 0.4) is 0 Å². The number of hydrogen-bond donors (Lipinski definition) is 2. The van der Waals surface area contributed by atoms with Gasteiger partial charge < -0.3 is 15.4 Å². The summed E-state index contributed by atoms with van der Waals surface area (Å²) in [5, 5.41) is 5.21. The molecule has 0 aromatic heterocycles. The van der Waals surface area contributed by atoms with E-state index in [4.69, 9.17) is 4.74 Å². The number of rotatable bonds is 4. The van der Waals surface area contributed by atoms with Gasteiger partial charge >= 0.3 is 11.8 Å². The van der Waals surface area contributed by atoms with E-state index in [-0.39, 0.29) is 6.54 Å². The van der Waals surface area contributed by atoms with Gasteiger partial charge in [0.25, 0.3) is 0 Å². The first-order valence-corrected chi connectivity index (χ1v) is 7.29. The Morgan fingerprint density at radius 2 is 1.78 bits per heavy atom. The molecular formula is C18H20N2O3. The summed E-state index contributed by atoms with van der Waals surface area (Å²) in [6.45, 7) is 4.08. The zero-order chi connectivity index (χ0) is 16.8. The van der Waals surface area contributed by atoms with E-state index in [9.17, 15) is 9.59 Å². The Morgan fingerprint density at radius 1 is 1.04 bits per heavy atom. The van der Waals surface area contributed by atoms with Crippen molar-refractivity contribution in [3.8, 4) is 5.75 Å². The average molecular weight is 312 g/mol. The second-order valence-corrected chi connectivity index (χ2v) is 5.27. The number of benzene rings is 2. The first-order chi connectivity index (χ1) is 11.0. The molecule has 5 nitrogen and oxygen atoms in total. The van der Waals surface area contributed by atoms with Crippen LogP contribution in [0.15, 0.2) is 42.5 Å². The Labute approximate surface area is 135 Å². The van der Waals surface area contributed by atoms with E-state index in [0.29, 0.717) is 11.4 Å². The van der Waals surface area contributed by atoms with E-state index in [1.54, 1.807) is 19.2 Å². The van der Waals surface area contributed by atoms with E-state index in [2.05, 4.69) is 10.6 Å². The molecule has 2 amide bonds. The molecule has 0 spiro atoms. The highest BCUT2D eigenvalue weighted by atomic mass is 16.5. The van der Waals surface area contributed by atoms with Gasteiger partial charge in [0.1, 0.15) is 5.75 Å². The predicted octanol–water partition coefficient (Wildman–Crippen LogP) is 2.57. The summed E-state index contributed by atoms with van der Waals surface area (Å²) in [4.78, 5) is 23.9. The standard InChI is InChI=1S/C18H20N2O3/c1-12-8-9-15(13(2)10-12)20-18(22)17(21)19-11-14-6-4-5-7-16(14)23-3/h4-10H,11H2,1-3H3,(H,19,21)(H,20,22). The maximum atomic E-state index is 12.0. The molecule has 5 heteroatoms. The Kier molecular flexibility index (Phi) is 5.36. The summed E-state index contributed by atoms with van der Waals surface area (Å²) in [6.07, 6.45) is 0. The number of methoxy groups -OCH3 is 1. The Hall–Kier alpha value is -2.82. The van der Waals surface area contributed by atoms with Crippen molar-refractivity contribution < 1.29 is 14.3 Å². The van der Waals surface area contributed by atoms with Crippen molar-refractivity contribution >= 4 is 17.5 Å². The zero-order valence-electron chi connectivity index (χ0n) is 13.5. The average Bonchev–Trinajstić information content (AvgIpc) is 2.55. The van der Waals surface area contributed by atoms with Gasteiger partial charge in [0, 0.05) is 17.8 Å². The molecule has 0 aliphatic carbocycles. The van der Waals surface area contributed by atoms with Gasteiger partial charge in [-0.1, -0.05) is 35.9 Å². The van der Waals surface area contributed by atoms with E-state index in [1.165, 1.54) is 0 Å². The largest absolute Gasteiger partial charge is 0.496 e. The maximum absolute atomic E-state index is 12.0. The highest BCUT2D eigenvalue weighted by Crippen LogP contribution is 2.17. The van der Waals surface area contributed by atoms with Gasteiger partial charge in [-0.15, -0.1) is 0 Å². The van der Waals surface area contributed by atoms with Crippen molar-refractivity contribution in [2.75, 3.05) is 12.4 Å². The molecule has 0 radical (unpaired) electrons. The molecule has 0 aliphatic heterocycles. The van der Waals surface area contributed by atoms with Gasteiger partial charge in [-0.3, -0.25) is 9.59 Å². The van der Waals surface area contributed by atoms with Crippen molar-refractivity contribution in [3.05, 3.63) is 59.2 Å². The highest BCUT2D eigenvalue weighted by Gasteiger charge is 2.15. The van der Waals surface area contributed by atoms with Crippen LogP contribution in [-0.2, 0) is 16.1 Å². The smallest absolute Gasteiger partial charge is 0.313 e. The van der Waals surface area contributed by atoms with Crippen LogP contribution >= 0.6 is 0 Å². The number of hydrogen-bond acceptors (Lipinski definition) is 3. The van der Waals surface area contributed by atoms with E-state index >= 15 is 0 Å². The Balaban J connectivity index is 1.96. The third-order valence-electron chi connectivity index (χ3n) is 3.47. The fourth-order valence-corrected chi connectivity index (χ4v) is 2.24. The third-order valence-corrected chi connectivity index (χ3v) is 3.47. The second kappa shape index (κ2) is 7.45. The fourth-order valence-electron chi connectivity index (χ4n) is 2.24. The van der Waals surface area contributed by atoms with Gasteiger partial charge in [0.05, 0.1) is 7.11 Å². The maximum Gasteiger partial charge on any atom is 0.313 e.